The molecule has 0 saturated heterocycles. The van der Waals surface area contributed by atoms with E-state index in [-0.39, 0.29) is 29.8 Å². The van der Waals surface area contributed by atoms with E-state index in [4.69, 9.17) is 4.74 Å². The summed E-state index contributed by atoms with van der Waals surface area (Å²) in [7, 11) is 3.54. The summed E-state index contributed by atoms with van der Waals surface area (Å²) < 4.78 is 21.0. The molecular formula is C21H26FIN6O. The fourth-order valence-corrected chi connectivity index (χ4v) is 2.66. The van der Waals surface area contributed by atoms with Crippen LogP contribution in [0.25, 0.3) is 0 Å². The largest absolute Gasteiger partial charge is 0.497 e. The lowest BCUT2D eigenvalue weighted by Gasteiger charge is -2.13. The van der Waals surface area contributed by atoms with Gasteiger partial charge in [0, 0.05) is 19.2 Å². The Morgan fingerprint density at radius 3 is 2.40 bits per heavy atom. The molecule has 0 fully saturated rings. The normalized spacial score (nSPS) is 11.0. The standard InChI is InChI=1S/C21H25FN6O.HI/c1-15-26-27-20(28(15)2)14-25-21(24-13-17-6-4-5-7-19(17)22)23-12-16-8-10-18(29-3)11-9-16;/h4-11H,12-14H2,1-3H3,(H2,23,24,25);1H. The molecule has 0 amide bonds. The van der Waals surface area contributed by atoms with Gasteiger partial charge in [-0.15, -0.1) is 34.2 Å². The van der Waals surface area contributed by atoms with Crippen molar-refractivity contribution >= 4 is 29.9 Å². The van der Waals surface area contributed by atoms with Crippen LogP contribution in [0.5, 0.6) is 5.75 Å². The molecule has 0 radical (unpaired) electrons. The number of guanidine groups is 1. The van der Waals surface area contributed by atoms with Crippen LogP contribution in [0.4, 0.5) is 4.39 Å². The van der Waals surface area contributed by atoms with Crippen LogP contribution >= 0.6 is 24.0 Å². The lowest BCUT2D eigenvalue weighted by Crippen LogP contribution is -2.37. The first-order chi connectivity index (χ1) is 14.1. The van der Waals surface area contributed by atoms with Gasteiger partial charge < -0.3 is 19.9 Å². The molecule has 0 aliphatic heterocycles. The van der Waals surface area contributed by atoms with E-state index in [0.717, 1.165) is 23.0 Å². The number of hydrogen-bond donors (Lipinski definition) is 2. The molecule has 3 aromatic rings. The Hall–Kier alpha value is -2.69. The van der Waals surface area contributed by atoms with Crippen molar-refractivity contribution < 1.29 is 9.13 Å². The quantitative estimate of drug-likeness (QED) is 0.282. The third kappa shape index (κ3) is 6.41. The van der Waals surface area contributed by atoms with Gasteiger partial charge >= 0.3 is 0 Å². The average molecular weight is 524 g/mol. The highest BCUT2D eigenvalue weighted by atomic mass is 127. The van der Waals surface area contributed by atoms with E-state index in [2.05, 4.69) is 25.8 Å². The second-order valence-electron chi connectivity index (χ2n) is 6.53. The molecule has 0 saturated carbocycles. The number of nitrogens with one attached hydrogen (secondary N) is 2. The van der Waals surface area contributed by atoms with Crippen molar-refractivity contribution in [3.05, 3.63) is 77.1 Å². The number of ether oxygens (including phenoxy) is 1. The first-order valence-electron chi connectivity index (χ1n) is 9.30. The highest BCUT2D eigenvalue weighted by Gasteiger charge is 2.08. The third-order valence-electron chi connectivity index (χ3n) is 4.58. The molecule has 7 nitrogen and oxygen atoms in total. The van der Waals surface area contributed by atoms with Crippen LogP contribution in [0.1, 0.15) is 22.8 Å². The molecule has 1 heterocycles. The lowest BCUT2D eigenvalue weighted by atomic mass is 10.2. The zero-order chi connectivity index (χ0) is 20.6. The molecule has 0 aliphatic rings. The van der Waals surface area contributed by atoms with Crippen LogP contribution in [0.15, 0.2) is 53.5 Å². The van der Waals surface area contributed by atoms with Crippen molar-refractivity contribution in [2.24, 2.45) is 12.0 Å². The number of nitrogens with zero attached hydrogens (tertiary/aromatic N) is 4. The predicted octanol–water partition coefficient (Wildman–Crippen LogP) is 3.32. The number of aromatic nitrogens is 3. The predicted molar refractivity (Wildman–Crippen MR) is 125 cm³/mol. The second-order valence-corrected chi connectivity index (χ2v) is 6.53. The minimum Gasteiger partial charge on any atom is -0.497 e. The van der Waals surface area contributed by atoms with Gasteiger partial charge in [0.1, 0.15) is 17.4 Å². The lowest BCUT2D eigenvalue weighted by molar-refractivity contribution is 0.414. The minimum absolute atomic E-state index is 0. The van der Waals surface area contributed by atoms with Gasteiger partial charge in [-0.05, 0) is 30.7 Å². The van der Waals surface area contributed by atoms with Crippen LogP contribution in [0.2, 0.25) is 0 Å². The van der Waals surface area contributed by atoms with Crippen molar-refractivity contribution in [1.82, 2.24) is 25.4 Å². The Bertz CT molecular complexity index is 974. The van der Waals surface area contributed by atoms with Gasteiger partial charge in [-0.3, -0.25) is 0 Å². The summed E-state index contributed by atoms with van der Waals surface area (Å²) in [6.45, 7) is 3.13. The smallest absolute Gasteiger partial charge is 0.192 e. The Labute approximate surface area is 192 Å². The molecule has 1 aromatic heterocycles. The van der Waals surface area contributed by atoms with Gasteiger partial charge in [0.15, 0.2) is 11.8 Å². The van der Waals surface area contributed by atoms with Crippen LogP contribution in [0, 0.1) is 12.7 Å². The van der Waals surface area contributed by atoms with E-state index < -0.39 is 0 Å². The topological polar surface area (TPSA) is 76.4 Å². The van der Waals surface area contributed by atoms with Crippen LogP contribution in [0.3, 0.4) is 0 Å². The fourth-order valence-electron chi connectivity index (χ4n) is 2.66. The summed E-state index contributed by atoms with van der Waals surface area (Å²) in [6, 6.07) is 14.4. The van der Waals surface area contributed by atoms with Crippen molar-refractivity contribution in [3.8, 4) is 5.75 Å². The minimum atomic E-state index is -0.251. The highest BCUT2D eigenvalue weighted by Crippen LogP contribution is 2.12. The van der Waals surface area contributed by atoms with Crippen LogP contribution in [-0.2, 0) is 26.7 Å². The van der Waals surface area contributed by atoms with Gasteiger partial charge in [-0.1, -0.05) is 30.3 Å². The molecular weight excluding hydrogens is 498 g/mol. The Kier molecular flexibility index (Phi) is 9.03. The zero-order valence-electron chi connectivity index (χ0n) is 17.2. The number of methoxy groups -OCH3 is 1. The van der Waals surface area contributed by atoms with E-state index in [1.54, 1.807) is 19.2 Å². The Balaban J connectivity index is 0.00000320. The van der Waals surface area contributed by atoms with Crippen LogP contribution in [-0.4, -0.2) is 27.8 Å². The van der Waals surface area contributed by atoms with E-state index >= 15 is 0 Å². The molecule has 2 aromatic carbocycles. The molecule has 30 heavy (non-hydrogen) atoms. The molecule has 0 bridgehead atoms. The van der Waals surface area contributed by atoms with Gasteiger partial charge in [0.2, 0.25) is 0 Å². The van der Waals surface area contributed by atoms with Crippen molar-refractivity contribution in [3.63, 3.8) is 0 Å². The number of rotatable bonds is 7. The maximum Gasteiger partial charge on any atom is 0.192 e. The molecule has 2 N–H and O–H groups in total. The summed E-state index contributed by atoms with van der Waals surface area (Å²) in [5, 5.41) is 14.6. The number of benzene rings is 2. The highest BCUT2D eigenvalue weighted by molar-refractivity contribution is 14.0. The SMILES string of the molecule is COc1ccc(CN=C(NCc2ccccc2F)NCc2nnc(C)n2C)cc1.I. The summed E-state index contributed by atoms with van der Waals surface area (Å²) in [5.74, 6) is 2.72. The Morgan fingerprint density at radius 2 is 1.77 bits per heavy atom. The van der Waals surface area contributed by atoms with Crippen molar-refractivity contribution in [1.29, 1.82) is 0 Å². The molecule has 9 heteroatoms. The fraction of sp³-hybridized carbons (Fsp3) is 0.286. The number of aliphatic imine (C=N–C) groups is 1. The summed E-state index contributed by atoms with van der Waals surface area (Å²) in [6.07, 6.45) is 0. The van der Waals surface area contributed by atoms with Gasteiger partial charge in [0.25, 0.3) is 0 Å². The second kappa shape index (κ2) is 11.5. The number of halogens is 2. The van der Waals surface area contributed by atoms with Gasteiger partial charge in [-0.2, -0.15) is 0 Å². The van der Waals surface area contributed by atoms with Crippen LogP contribution < -0.4 is 15.4 Å². The number of aryl methyl sites for hydroxylation is 1. The number of hydrogen-bond acceptors (Lipinski definition) is 4. The molecule has 0 aliphatic carbocycles. The average Bonchev–Trinajstić information content (AvgIpc) is 3.06. The molecule has 3 rings (SSSR count). The van der Waals surface area contributed by atoms with E-state index in [0.29, 0.717) is 31.2 Å². The zero-order valence-corrected chi connectivity index (χ0v) is 19.6. The first-order valence-corrected chi connectivity index (χ1v) is 9.30. The van der Waals surface area contributed by atoms with E-state index in [9.17, 15) is 4.39 Å². The first kappa shape index (κ1) is 23.6. The Morgan fingerprint density at radius 1 is 1.07 bits per heavy atom. The molecule has 160 valence electrons. The van der Waals surface area contributed by atoms with Gasteiger partial charge in [-0.25, -0.2) is 9.38 Å². The third-order valence-corrected chi connectivity index (χ3v) is 4.58. The van der Waals surface area contributed by atoms with E-state index in [1.165, 1.54) is 6.07 Å². The van der Waals surface area contributed by atoms with Gasteiger partial charge in [0.05, 0.1) is 20.2 Å². The monoisotopic (exact) mass is 524 g/mol. The summed E-state index contributed by atoms with van der Waals surface area (Å²) in [4.78, 5) is 4.62. The van der Waals surface area contributed by atoms with Crippen molar-refractivity contribution in [2.75, 3.05) is 7.11 Å². The van der Waals surface area contributed by atoms with E-state index in [1.807, 2.05) is 48.9 Å². The van der Waals surface area contributed by atoms with Crippen molar-refractivity contribution in [2.45, 2.75) is 26.6 Å². The molecule has 0 atom stereocenters. The maximum atomic E-state index is 13.9. The summed E-state index contributed by atoms with van der Waals surface area (Å²) in [5.41, 5.74) is 1.60. The molecule has 0 unspecified atom stereocenters. The molecule has 0 spiro atoms. The maximum absolute atomic E-state index is 13.9. The summed E-state index contributed by atoms with van der Waals surface area (Å²) >= 11 is 0.